The van der Waals surface area contributed by atoms with E-state index in [0.717, 1.165) is 11.3 Å². The maximum Gasteiger partial charge on any atom is 0.252 e. The highest BCUT2D eigenvalue weighted by Gasteiger charge is 2.35. The van der Waals surface area contributed by atoms with Crippen LogP contribution in [0, 0.1) is 13.8 Å². The Balaban J connectivity index is 1.89. The third-order valence-electron chi connectivity index (χ3n) is 3.82. The monoisotopic (exact) mass is 350 g/mol. The maximum absolute atomic E-state index is 12.4. The van der Waals surface area contributed by atoms with Crippen LogP contribution in [0.3, 0.4) is 0 Å². The van der Waals surface area contributed by atoms with Gasteiger partial charge in [0.15, 0.2) is 5.11 Å². The Morgan fingerprint density at radius 1 is 1.32 bits per heavy atom. The Hall–Kier alpha value is -1.43. The number of rotatable bonds is 3. The molecule has 2 aromatic rings. The number of aryl methyl sites for hydroxylation is 1. The lowest BCUT2D eigenvalue weighted by Gasteiger charge is -2.21. The summed E-state index contributed by atoms with van der Waals surface area (Å²) in [4.78, 5) is 17.2. The predicted octanol–water partition coefficient (Wildman–Crippen LogP) is 4.15. The summed E-state index contributed by atoms with van der Waals surface area (Å²) in [6.07, 6.45) is 0. The molecule has 0 aliphatic carbocycles. The fourth-order valence-electron chi connectivity index (χ4n) is 2.49. The Labute approximate surface area is 144 Å². The fraction of sp³-hybridized carbons (Fsp3) is 0.250. The average molecular weight is 351 g/mol. The molecule has 1 saturated heterocycles. The van der Waals surface area contributed by atoms with Crippen LogP contribution in [-0.4, -0.2) is 22.5 Å². The third kappa shape index (κ3) is 2.64. The molecule has 1 aliphatic heterocycles. The molecule has 1 amide bonds. The first kappa shape index (κ1) is 15.5. The van der Waals surface area contributed by atoms with E-state index in [1.807, 2.05) is 30.0 Å². The number of nitrogens with zero attached hydrogens (tertiary/aromatic N) is 2. The lowest BCUT2D eigenvalue weighted by atomic mass is 10.2. The normalized spacial score (nSPS) is 15.0. The SMILES string of the molecule is Cc1ccsc1CN1CC(=O)N(c2cccc(Cl)c2C)C1=S. The lowest BCUT2D eigenvalue weighted by Crippen LogP contribution is -2.33. The van der Waals surface area contributed by atoms with Crippen molar-refractivity contribution in [2.75, 3.05) is 11.4 Å². The molecule has 2 heterocycles. The molecular weight excluding hydrogens is 336 g/mol. The fourth-order valence-corrected chi connectivity index (χ4v) is 3.91. The van der Waals surface area contributed by atoms with Gasteiger partial charge in [0.2, 0.25) is 0 Å². The molecule has 114 valence electrons. The van der Waals surface area contributed by atoms with Gasteiger partial charge in [-0.1, -0.05) is 17.7 Å². The minimum atomic E-state index is -0.00965. The number of thiocarbonyl (C=S) groups is 1. The molecule has 6 heteroatoms. The second-order valence-corrected chi connectivity index (χ2v) is 7.05. The molecular formula is C16H15ClN2OS2. The number of halogens is 1. The predicted molar refractivity (Wildman–Crippen MR) is 95.7 cm³/mol. The number of amides is 1. The summed E-state index contributed by atoms with van der Waals surface area (Å²) < 4.78 is 0. The second kappa shape index (κ2) is 5.99. The number of hydrogen-bond donors (Lipinski definition) is 0. The van der Waals surface area contributed by atoms with Gasteiger partial charge in [-0.25, -0.2) is 0 Å². The van der Waals surface area contributed by atoms with E-state index in [9.17, 15) is 4.79 Å². The van der Waals surface area contributed by atoms with Crippen LogP contribution < -0.4 is 4.90 Å². The van der Waals surface area contributed by atoms with Crippen LogP contribution >= 0.6 is 35.2 Å². The van der Waals surface area contributed by atoms with Crippen molar-refractivity contribution in [1.29, 1.82) is 0 Å². The molecule has 0 saturated carbocycles. The standard InChI is InChI=1S/C16H15ClN2OS2/c1-10-6-7-22-14(10)8-18-9-15(20)19(16(18)21)13-5-3-4-12(17)11(13)2/h3-7H,8-9H2,1-2H3. The molecule has 1 aromatic heterocycles. The van der Waals surface area contributed by atoms with E-state index in [4.69, 9.17) is 23.8 Å². The van der Waals surface area contributed by atoms with E-state index in [0.29, 0.717) is 23.2 Å². The molecule has 1 aromatic carbocycles. The number of thiophene rings is 1. The Bertz CT molecular complexity index is 756. The first-order chi connectivity index (χ1) is 10.5. The maximum atomic E-state index is 12.4. The summed E-state index contributed by atoms with van der Waals surface area (Å²) >= 11 is 13.4. The first-order valence-electron chi connectivity index (χ1n) is 6.89. The molecule has 0 atom stereocenters. The highest BCUT2D eigenvalue weighted by Crippen LogP contribution is 2.31. The van der Waals surface area contributed by atoms with Gasteiger partial charge >= 0.3 is 0 Å². The van der Waals surface area contributed by atoms with Crippen molar-refractivity contribution in [2.24, 2.45) is 0 Å². The van der Waals surface area contributed by atoms with Crippen LogP contribution in [0.5, 0.6) is 0 Å². The van der Waals surface area contributed by atoms with Gasteiger partial charge in [0.05, 0.1) is 12.2 Å². The van der Waals surface area contributed by atoms with Gasteiger partial charge in [0.1, 0.15) is 6.54 Å². The van der Waals surface area contributed by atoms with E-state index >= 15 is 0 Å². The third-order valence-corrected chi connectivity index (χ3v) is 5.68. The van der Waals surface area contributed by atoms with Crippen molar-refractivity contribution in [3.8, 4) is 0 Å². The molecule has 1 aliphatic rings. The summed E-state index contributed by atoms with van der Waals surface area (Å²) in [5.74, 6) is -0.00965. The van der Waals surface area contributed by atoms with Gasteiger partial charge in [-0.2, -0.15) is 0 Å². The largest absolute Gasteiger partial charge is 0.334 e. The van der Waals surface area contributed by atoms with Crippen molar-refractivity contribution in [3.05, 3.63) is 50.7 Å². The number of carbonyl (C=O) groups excluding carboxylic acids is 1. The van der Waals surface area contributed by atoms with Gasteiger partial charge in [0, 0.05) is 9.90 Å². The van der Waals surface area contributed by atoms with Crippen LogP contribution in [0.2, 0.25) is 5.02 Å². The first-order valence-corrected chi connectivity index (χ1v) is 8.55. The van der Waals surface area contributed by atoms with Gasteiger partial charge < -0.3 is 4.90 Å². The summed E-state index contributed by atoms with van der Waals surface area (Å²) in [6, 6.07) is 7.62. The van der Waals surface area contributed by atoms with Crippen molar-refractivity contribution >= 4 is 51.9 Å². The van der Waals surface area contributed by atoms with Crippen molar-refractivity contribution in [3.63, 3.8) is 0 Å². The van der Waals surface area contributed by atoms with Crippen LogP contribution in [0.4, 0.5) is 5.69 Å². The van der Waals surface area contributed by atoms with E-state index in [1.54, 1.807) is 16.2 Å². The number of hydrogen-bond acceptors (Lipinski definition) is 3. The van der Waals surface area contributed by atoms with E-state index < -0.39 is 0 Å². The highest BCUT2D eigenvalue weighted by atomic mass is 35.5. The van der Waals surface area contributed by atoms with Gasteiger partial charge in [-0.15, -0.1) is 11.3 Å². The summed E-state index contributed by atoms with van der Waals surface area (Å²) in [5, 5.41) is 3.24. The zero-order valence-electron chi connectivity index (χ0n) is 12.3. The minimum absolute atomic E-state index is 0.00965. The van der Waals surface area contributed by atoms with Crippen molar-refractivity contribution in [2.45, 2.75) is 20.4 Å². The Morgan fingerprint density at radius 3 is 2.77 bits per heavy atom. The Kier molecular flexibility index (Phi) is 4.21. The molecule has 1 fully saturated rings. The van der Waals surface area contributed by atoms with Crippen molar-refractivity contribution in [1.82, 2.24) is 4.90 Å². The Morgan fingerprint density at radius 2 is 2.09 bits per heavy atom. The number of carbonyl (C=O) groups is 1. The van der Waals surface area contributed by atoms with Crippen LogP contribution in [0.15, 0.2) is 29.6 Å². The molecule has 0 N–H and O–H groups in total. The highest BCUT2D eigenvalue weighted by molar-refractivity contribution is 7.80. The summed E-state index contributed by atoms with van der Waals surface area (Å²) in [6.45, 7) is 4.96. The van der Waals surface area contributed by atoms with E-state index in [2.05, 4.69) is 18.4 Å². The van der Waals surface area contributed by atoms with Crippen LogP contribution in [-0.2, 0) is 11.3 Å². The lowest BCUT2D eigenvalue weighted by molar-refractivity contribution is -0.116. The van der Waals surface area contributed by atoms with Crippen LogP contribution in [0.1, 0.15) is 16.0 Å². The van der Waals surface area contributed by atoms with Crippen LogP contribution in [0.25, 0.3) is 0 Å². The molecule has 0 unspecified atom stereocenters. The molecule has 3 rings (SSSR count). The quantitative estimate of drug-likeness (QED) is 0.777. The van der Waals surface area contributed by atoms with E-state index in [1.165, 1.54) is 10.4 Å². The molecule has 22 heavy (non-hydrogen) atoms. The minimum Gasteiger partial charge on any atom is -0.334 e. The summed E-state index contributed by atoms with van der Waals surface area (Å²) in [7, 11) is 0. The molecule has 0 radical (unpaired) electrons. The molecule has 0 bridgehead atoms. The second-order valence-electron chi connectivity index (χ2n) is 5.28. The number of benzene rings is 1. The zero-order chi connectivity index (χ0) is 15.9. The van der Waals surface area contributed by atoms with E-state index in [-0.39, 0.29) is 5.91 Å². The van der Waals surface area contributed by atoms with Gasteiger partial charge in [0.25, 0.3) is 5.91 Å². The topological polar surface area (TPSA) is 23.6 Å². The van der Waals surface area contributed by atoms with Gasteiger partial charge in [-0.05, 0) is 60.8 Å². The average Bonchev–Trinajstić information content (AvgIpc) is 2.99. The van der Waals surface area contributed by atoms with Gasteiger partial charge in [-0.3, -0.25) is 9.69 Å². The summed E-state index contributed by atoms with van der Waals surface area (Å²) in [5.41, 5.74) is 2.87. The zero-order valence-corrected chi connectivity index (χ0v) is 14.7. The molecule has 3 nitrogen and oxygen atoms in total. The number of anilines is 1. The van der Waals surface area contributed by atoms with Crippen molar-refractivity contribution < 1.29 is 4.79 Å². The molecule has 0 spiro atoms. The smallest absolute Gasteiger partial charge is 0.252 e.